The summed E-state index contributed by atoms with van der Waals surface area (Å²) in [7, 11) is 0. The van der Waals surface area contributed by atoms with Crippen LogP contribution in [0.3, 0.4) is 0 Å². The molecule has 0 aromatic heterocycles. The van der Waals surface area contributed by atoms with E-state index in [4.69, 9.17) is 16.3 Å². The first kappa shape index (κ1) is 14.2. The highest BCUT2D eigenvalue weighted by molar-refractivity contribution is 6.32. The number of nitro groups is 1. The van der Waals surface area contributed by atoms with Gasteiger partial charge in [-0.1, -0.05) is 11.6 Å². The van der Waals surface area contributed by atoms with Crippen LogP contribution in [0.4, 0.5) is 14.5 Å². The third-order valence-corrected chi connectivity index (χ3v) is 2.79. The first-order valence-electron chi connectivity index (χ1n) is 5.48. The number of nitrogens with zero attached hydrogens (tertiary/aromatic N) is 1. The molecule has 0 fully saturated rings. The molecule has 0 heterocycles. The summed E-state index contributed by atoms with van der Waals surface area (Å²) in [5.74, 6) is -1.20. The van der Waals surface area contributed by atoms with Crippen molar-refractivity contribution in [2.75, 3.05) is 0 Å². The van der Waals surface area contributed by atoms with Crippen LogP contribution in [0, 0.1) is 21.7 Å². The normalized spacial score (nSPS) is 10.3. The molecule has 0 amide bonds. The Labute approximate surface area is 117 Å². The van der Waals surface area contributed by atoms with E-state index < -0.39 is 22.2 Å². The van der Waals surface area contributed by atoms with Crippen LogP contribution in [-0.4, -0.2) is 4.92 Å². The van der Waals surface area contributed by atoms with Crippen LogP contribution < -0.4 is 4.74 Å². The fourth-order valence-electron chi connectivity index (χ4n) is 1.54. The standard InChI is InChI=1S/C13H8ClF2NO3/c14-10-6-9(15)2-4-13(10)20-7-8-1-3-12(17(18)19)11(16)5-8/h1-6H,7H2. The minimum absolute atomic E-state index is 0.0414. The average molecular weight is 300 g/mol. The zero-order valence-corrected chi connectivity index (χ0v) is 10.7. The van der Waals surface area contributed by atoms with Gasteiger partial charge >= 0.3 is 5.69 Å². The van der Waals surface area contributed by atoms with Gasteiger partial charge in [-0.3, -0.25) is 10.1 Å². The molecule has 0 spiro atoms. The molecule has 7 heteroatoms. The molecule has 2 aromatic rings. The predicted octanol–water partition coefficient (Wildman–Crippen LogP) is 4.11. The van der Waals surface area contributed by atoms with Gasteiger partial charge in [0, 0.05) is 6.07 Å². The molecule has 0 unspecified atom stereocenters. The van der Waals surface area contributed by atoms with E-state index in [2.05, 4.69) is 0 Å². The molecule has 104 valence electrons. The Morgan fingerprint density at radius 1 is 1.20 bits per heavy atom. The van der Waals surface area contributed by atoms with E-state index in [1.165, 1.54) is 18.2 Å². The summed E-state index contributed by atoms with van der Waals surface area (Å²) in [5, 5.41) is 10.6. The van der Waals surface area contributed by atoms with Crippen molar-refractivity contribution in [3.05, 3.63) is 68.7 Å². The third-order valence-electron chi connectivity index (χ3n) is 2.50. The number of hydrogen-bond donors (Lipinski definition) is 0. The number of ether oxygens (including phenoxy) is 1. The zero-order chi connectivity index (χ0) is 14.7. The molecule has 4 nitrogen and oxygen atoms in total. The highest BCUT2D eigenvalue weighted by atomic mass is 35.5. The molecule has 2 rings (SSSR count). The summed E-state index contributed by atoms with van der Waals surface area (Å²) >= 11 is 5.77. The Hall–Kier alpha value is -2.21. The summed E-state index contributed by atoms with van der Waals surface area (Å²) in [6, 6.07) is 7.05. The maximum absolute atomic E-state index is 13.4. The summed E-state index contributed by atoms with van der Waals surface area (Å²) in [6.45, 7) is -0.0414. The van der Waals surface area contributed by atoms with Crippen LogP contribution in [0.15, 0.2) is 36.4 Å². The molecular weight excluding hydrogens is 292 g/mol. The van der Waals surface area contributed by atoms with Crippen molar-refractivity contribution in [2.24, 2.45) is 0 Å². The Morgan fingerprint density at radius 3 is 2.55 bits per heavy atom. The highest BCUT2D eigenvalue weighted by Crippen LogP contribution is 2.26. The number of benzene rings is 2. The van der Waals surface area contributed by atoms with Crippen LogP contribution in [-0.2, 0) is 6.61 Å². The Balaban J connectivity index is 2.11. The van der Waals surface area contributed by atoms with Gasteiger partial charge < -0.3 is 4.74 Å². The van der Waals surface area contributed by atoms with Gasteiger partial charge in [-0.2, -0.15) is 4.39 Å². The van der Waals surface area contributed by atoms with Crippen LogP contribution in [0.1, 0.15) is 5.56 Å². The molecule has 20 heavy (non-hydrogen) atoms. The van der Waals surface area contributed by atoms with Crippen molar-refractivity contribution in [1.82, 2.24) is 0 Å². The lowest BCUT2D eigenvalue weighted by Gasteiger charge is -2.08. The minimum atomic E-state index is -0.943. The summed E-state index contributed by atoms with van der Waals surface area (Å²) < 4.78 is 31.5. The van der Waals surface area contributed by atoms with Crippen molar-refractivity contribution in [3.8, 4) is 5.75 Å². The van der Waals surface area contributed by atoms with Gasteiger partial charge in [0.15, 0.2) is 0 Å². The molecule has 0 aliphatic carbocycles. The topological polar surface area (TPSA) is 52.4 Å². The fourth-order valence-corrected chi connectivity index (χ4v) is 1.76. The van der Waals surface area contributed by atoms with Gasteiger partial charge in [0.1, 0.15) is 18.2 Å². The van der Waals surface area contributed by atoms with Crippen molar-refractivity contribution < 1.29 is 18.4 Å². The van der Waals surface area contributed by atoms with E-state index >= 15 is 0 Å². The molecule has 0 aliphatic rings. The Kier molecular flexibility index (Phi) is 4.14. The van der Waals surface area contributed by atoms with Crippen molar-refractivity contribution in [2.45, 2.75) is 6.61 Å². The molecule has 0 N–H and O–H groups in total. The second-order valence-electron chi connectivity index (χ2n) is 3.91. The third kappa shape index (κ3) is 3.21. The molecule has 0 saturated heterocycles. The van der Waals surface area contributed by atoms with Crippen molar-refractivity contribution >= 4 is 17.3 Å². The molecule has 0 radical (unpaired) electrons. The highest BCUT2D eigenvalue weighted by Gasteiger charge is 2.14. The monoisotopic (exact) mass is 299 g/mol. The molecule has 0 bridgehead atoms. The lowest BCUT2D eigenvalue weighted by molar-refractivity contribution is -0.387. The van der Waals surface area contributed by atoms with Gasteiger partial charge in [-0.05, 0) is 35.9 Å². The Bertz CT molecular complexity index is 664. The van der Waals surface area contributed by atoms with E-state index in [1.54, 1.807) is 0 Å². The first-order chi connectivity index (χ1) is 9.47. The average Bonchev–Trinajstić information content (AvgIpc) is 2.37. The smallest absolute Gasteiger partial charge is 0.304 e. The second-order valence-corrected chi connectivity index (χ2v) is 4.31. The first-order valence-corrected chi connectivity index (χ1v) is 5.86. The number of rotatable bonds is 4. The van der Waals surface area contributed by atoms with Gasteiger partial charge in [-0.25, -0.2) is 4.39 Å². The van der Waals surface area contributed by atoms with Crippen molar-refractivity contribution in [3.63, 3.8) is 0 Å². The van der Waals surface area contributed by atoms with Crippen molar-refractivity contribution in [1.29, 1.82) is 0 Å². The Morgan fingerprint density at radius 2 is 1.95 bits per heavy atom. The van der Waals surface area contributed by atoms with E-state index in [-0.39, 0.29) is 17.4 Å². The second kappa shape index (κ2) is 5.83. The number of halogens is 3. The summed E-state index contributed by atoms with van der Waals surface area (Å²) in [6.07, 6.45) is 0. The molecule has 0 aliphatic heterocycles. The number of hydrogen-bond acceptors (Lipinski definition) is 3. The number of nitro benzene ring substituents is 1. The summed E-state index contributed by atoms with van der Waals surface area (Å²) in [5.41, 5.74) is -0.206. The van der Waals surface area contributed by atoms with Gasteiger partial charge in [0.25, 0.3) is 0 Å². The quantitative estimate of drug-likeness (QED) is 0.630. The largest absolute Gasteiger partial charge is 0.487 e. The minimum Gasteiger partial charge on any atom is -0.487 e. The maximum atomic E-state index is 13.4. The van der Waals surface area contributed by atoms with Gasteiger partial charge in [0.2, 0.25) is 5.82 Å². The SMILES string of the molecule is O=[N+]([O-])c1ccc(COc2ccc(F)cc2Cl)cc1F. The predicted molar refractivity (Wildman–Crippen MR) is 68.8 cm³/mol. The van der Waals surface area contributed by atoms with Crippen LogP contribution in [0.2, 0.25) is 5.02 Å². The van der Waals surface area contributed by atoms with Crippen LogP contribution in [0.5, 0.6) is 5.75 Å². The summed E-state index contributed by atoms with van der Waals surface area (Å²) in [4.78, 5) is 9.66. The molecule has 2 aromatic carbocycles. The molecule has 0 saturated carbocycles. The maximum Gasteiger partial charge on any atom is 0.304 e. The van der Waals surface area contributed by atoms with E-state index in [0.717, 1.165) is 18.2 Å². The van der Waals surface area contributed by atoms with Gasteiger partial charge in [-0.15, -0.1) is 0 Å². The molecule has 0 atom stereocenters. The van der Waals surface area contributed by atoms with E-state index in [1.807, 2.05) is 0 Å². The van der Waals surface area contributed by atoms with E-state index in [0.29, 0.717) is 5.56 Å². The van der Waals surface area contributed by atoms with Crippen LogP contribution >= 0.6 is 11.6 Å². The molecular formula is C13H8ClF2NO3. The lowest BCUT2D eigenvalue weighted by atomic mass is 10.2. The van der Waals surface area contributed by atoms with Crippen LogP contribution in [0.25, 0.3) is 0 Å². The van der Waals surface area contributed by atoms with Gasteiger partial charge in [0.05, 0.1) is 9.95 Å². The zero-order valence-electron chi connectivity index (χ0n) is 9.98. The van der Waals surface area contributed by atoms with E-state index in [9.17, 15) is 18.9 Å². The fraction of sp³-hybridized carbons (Fsp3) is 0.0769. The lowest BCUT2D eigenvalue weighted by Crippen LogP contribution is -1.99.